The summed E-state index contributed by atoms with van der Waals surface area (Å²) in [6.45, 7) is 0. The van der Waals surface area contributed by atoms with E-state index < -0.39 is 0 Å². The molecule has 0 saturated heterocycles. The molecule has 0 aliphatic rings. The third-order valence-electron chi connectivity index (χ3n) is 2.28. The molecule has 0 bridgehead atoms. The van der Waals surface area contributed by atoms with Crippen molar-refractivity contribution in [1.82, 2.24) is 0 Å². The normalized spacial score (nSPS) is 12.1. The summed E-state index contributed by atoms with van der Waals surface area (Å²) in [6.07, 6.45) is 0. The van der Waals surface area contributed by atoms with E-state index in [1.165, 1.54) is 0 Å². The van der Waals surface area contributed by atoms with Gasteiger partial charge < -0.3 is 5.11 Å². The number of aliphatic hydroxyl groups excluding tert-OH is 1. The Hall–Kier alpha value is -1.29. The molecule has 2 heteroatoms. The maximum absolute atomic E-state index is 10.1. The van der Waals surface area contributed by atoms with Gasteiger partial charge >= 0.3 is 0 Å². The van der Waals surface area contributed by atoms with E-state index in [0.29, 0.717) is 5.76 Å². The first-order valence-corrected chi connectivity index (χ1v) is 6.06. The van der Waals surface area contributed by atoms with Gasteiger partial charge in [0, 0.05) is 5.56 Å². The molecular formula is C14H11IO. The molecule has 2 rings (SSSR count). The average Bonchev–Trinajstić information content (AvgIpc) is 2.39. The fourth-order valence-electron chi connectivity index (χ4n) is 1.44. The van der Waals surface area contributed by atoms with E-state index in [9.17, 15) is 5.11 Å². The second-order valence-corrected chi connectivity index (χ2v) is 4.47. The zero-order valence-corrected chi connectivity index (χ0v) is 10.8. The summed E-state index contributed by atoms with van der Waals surface area (Å²) in [7, 11) is 0. The number of hydrogen-bond donors (Lipinski definition) is 1. The molecule has 0 radical (unpaired) electrons. The lowest BCUT2D eigenvalue weighted by Gasteiger charge is -2.05. The first kappa shape index (κ1) is 11.2. The standard InChI is InChI=1S/C14H11IO/c15-13(11-7-3-1-4-8-11)14(16)12-9-5-2-6-10-12/h1-10,16H/b14-13+. The summed E-state index contributed by atoms with van der Waals surface area (Å²) in [5.74, 6) is 0.326. The van der Waals surface area contributed by atoms with Crippen LogP contribution < -0.4 is 0 Å². The molecular weight excluding hydrogens is 311 g/mol. The van der Waals surface area contributed by atoms with Gasteiger partial charge in [-0.2, -0.15) is 0 Å². The Morgan fingerprint density at radius 3 is 1.69 bits per heavy atom. The molecule has 2 aromatic rings. The molecule has 0 amide bonds. The smallest absolute Gasteiger partial charge is 0.136 e. The molecule has 16 heavy (non-hydrogen) atoms. The second kappa shape index (κ2) is 5.16. The molecule has 0 aliphatic heterocycles. The maximum atomic E-state index is 10.1. The number of hydrogen-bond acceptors (Lipinski definition) is 1. The molecule has 0 unspecified atom stereocenters. The maximum Gasteiger partial charge on any atom is 0.136 e. The molecule has 0 aliphatic carbocycles. The van der Waals surface area contributed by atoms with Crippen LogP contribution in [0.3, 0.4) is 0 Å². The van der Waals surface area contributed by atoms with Crippen LogP contribution in [0.1, 0.15) is 11.1 Å². The quantitative estimate of drug-likeness (QED) is 0.490. The fourth-order valence-corrected chi connectivity index (χ4v) is 2.11. The lowest BCUT2D eigenvalue weighted by Crippen LogP contribution is -1.85. The minimum atomic E-state index is 0.326. The summed E-state index contributed by atoms with van der Waals surface area (Å²) in [5, 5.41) is 10.1. The Bertz CT molecular complexity index is 441. The van der Waals surface area contributed by atoms with Gasteiger partial charge in [0.25, 0.3) is 0 Å². The Balaban J connectivity index is 2.43. The Labute approximate surface area is 109 Å². The summed E-state index contributed by atoms with van der Waals surface area (Å²) < 4.78 is 0.865. The third-order valence-corrected chi connectivity index (χ3v) is 3.42. The van der Waals surface area contributed by atoms with Crippen LogP contribution in [0.25, 0.3) is 9.34 Å². The number of benzene rings is 2. The molecule has 0 aromatic heterocycles. The van der Waals surface area contributed by atoms with Gasteiger partial charge in [-0.15, -0.1) is 0 Å². The monoisotopic (exact) mass is 322 g/mol. The lowest BCUT2D eigenvalue weighted by atomic mass is 10.1. The highest BCUT2D eigenvalue weighted by Crippen LogP contribution is 2.29. The molecule has 0 spiro atoms. The molecule has 2 aromatic carbocycles. The minimum Gasteiger partial charge on any atom is -0.506 e. The van der Waals surface area contributed by atoms with Gasteiger partial charge in [-0.3, -0.25) is 0 Å². The Morgan fingerprint density at radius 1 is 0.750 bits per heavy atom. The Kier molecular flexibility index (Phi) is 3.62. The minimum absolute atomic E-state index is 0.326. The third kappa shape index (κ3) is 2.44. The van der Waals surface area contributed by atoms with Crippen LogP contribution in [0.2, 0.25) is 0 Å². The first-order valence-electron chi connectivity index (χ1n) is 4.98. The van der Waals surface area contributed by atoms with Gasteiger partial charge in [0.05, 0.1) is 3.58 Å². The highest BCUT2D eigenvalue weighted by Gasteiger charge is 2.06. The van der Waals surface area contributed by atoms with E-state index in [1.54, 1.807) is 0 Å². The van der Waals surface area contributed by atoms with Crippen LogP contribution in [0.15, 0.2) is 60.7 Å². The van der Waals surface area contributed by atoms with Crippen LogP contribution in [-0.4, -0.2) is 5.11 Å². The van der Waals surface area contributed by atoms with Crippen LogP contribution in [0, 0.1) is 0 Å². The van der Waals surface area contributed by atoms with E-state index in [4.69, 9.17) is 0 Å². The fraction of sp³-hybridized carbons (Fsp3) is 0. The zero-order valence-electron chi connectivity index (χ0n) is 8.60. The number of rotatable bonds is 2. The van der Waals surface area contributed by atoms with Crippen molar-refractivity contribution in [3.05, 3.63) is 71.8 Å². The Morgan fingerprint density at radius 2 is 1.19 bits per heavy atom. The molecule has 0 fully saturated rings. The van der Waals surface area contributed by atoms with Crippen molar-refractivity contribution in [2.24, 2.45) is 0 Å². The van der Waals surface area contributed by atoms with Gasteiger partial charge in [-0.05, 0) is 28.2 Å². The topological polar surface area (TPSA) is 20.2 Å². The molecule has 1 nitrogen and oxygen atoms in total. The molecule has 0 heterocycles. The van der Waals surface area contributed by atoms with Gasteiger partial charge in [0.15, 0.2) is 0 Å². The van der Waals surface area contributed by atoms with Crippen molar-refractivity contribution in [1.29, 1.82) is 0 Å². The van der Waals surface area contributed by atoms with E-state index in [2.05, 4.69) is 22.6 Å². The summed E-state index contributed by atoms with van der Waals surface area (Å²) >= 11 is 2.17. The number of halogens is 1. The van der Waals surface area contributed by atoms with Crippen molar-refractivity contribution in [2.45, 2.75) is 0 Å². The number of aliphatic hydroxyl groups is 1. The summed E-state index contributed by atoms with van der Waals surface area (Å²) in [4.78, 5) is 0. The molecule has 80 valence electrons. The van der Waals surface area contributed by atoms with Crippen LogP contribution in [-0.2, 0) is 0 Å². The average molecular weight is 322 g/mol. The molecule has 0 saturated carbocycles. The largest absolute Gasteiger partial charge is 0.506 e. The van der Waals surface area contributed by atoms with Crippen LogP contribution in [0.5, 0.6) is 0 Å². The van der Waals surface area contributed by atoms with E-state index in [1.807, 2.05) is 60.7 Å². The zero-order chi connectivity index (χ0) is 11.4. The van der Waals surface area contributed by atoms with E-state index in [0.717, 1.165) is 14.7 Å². The van der Waals surface area contributed by atoms with Gasteiger partial charge in [0.2, 0.25) is 0 Å². The lowest BCUT2D eigenvalue weighted by molar-refractivity contribution is 0.515. The van der Waals surface area contributed by atoms with Crippen molar-refractivity contribution < 1.29 is 5.11 Å². The predicted octanol–water partition coefficient (Wildman–Crippen LogP) is 4.51. The van der Waals surface area contributed by atoms with Gasteiger partial charge in [-0.1, -0.05) is 60.7 Å². The van der Waals surface area contributed by atoms with Crippen molar-refractivity contribution >= 4 is 31.9 Å². The van der Waals surface area contributed by atoms with E-state index >= 15 is 0 Å². The van der Waals surface area contributed by atoms with Crippen molar-refractivity contribution in [2.75, 3.05) is 0 Å². The first-order chi connectivity index (χ1) is 7.79. The SMILES string of the molecule is O/C(=C(/I)c1ccccc1)c1ccccc1. The predicted molar refractivity (Wildman–Crippen MR) is 76.3 cm³/mol. The highest BCUT2D eigenvalue weighted by atomic mass is 127. The molecule has 1 N–H and O–H groups in total. The highest BCUT2D eigenvalue weighted by molar-refractivity contribution is 14.1. The van der Waals surface area contributed by atoms with Crippen molar-refractivity contribution in [3.63, 3.8) is 0 Å². The van der Waals surface area contributed by atoms with Gasteiger partial charge in [-0.25, -0.2) is 0 Å². The van der Waals surface area contributed by atoms with Crippen molar-refractivity contribution in [3.8, 4) is 0 Å². The van der Waals surface area contributed by atoms with E-state index in [-0.39, 0.29) is 0 Å². The van der Waals surface area contributed by atoms with Crippen LogP contribution in [0.4, 0.5) is 0 Å². The van der Waals surface area contributed by atoms with Gasteiger partial charge in [0.1, 0.15) is 5.76 Å². The second-order valence-electron chi connectivity index (χ2n) is 3.39. The van der Waals surface area contributed by atoms with Crippen LogP contribution >= 0.6 is 22.6 Å². The summed E-state index contributed by atoms with van der Waals surface area (Å²) in [5.41, 5.74) is 1.88. The summed E-state index contributed by atoms with van der Waals surface area (Å²) in [6, 6.07) is 19.4. The molecule has 0 atom stereocenters.